The average Bonchev–Trinajstić information content (AvgIpc) is 2.98. The third-order valence-corrected chi connectivity index (χ3v) is 2.75. The Balaban J connectivity index is 2.06. The van der Waals surface area contributed by atoms with Crippen molar-refractivity contribution in [3.05, 3.63) is 46.6 Å². The zero-order valence-corrected chi connectivity index (χ0v) is 9.99. The van der Waals surface area contributed by atoms with Crippen LogP contribution in [0, 0.1) is 0 Å². The highest BCUT2D eigenvalue weighted by Gasteiger charge is 2.15. The predicted octanol–water partition coefficient (Wildman–Crippen LogP) is 0.00840. The van der Waals surface area contributed by atoms with Gasteiger partial charge in [0.15, 0.2) is 5.65 Å². The molecule has 19 heavy (non-hydrogen) atoms. The smallest absolute Gasteiger partial charge is 0.275 e. The molecule has 0 aliphatic heterocycles. The van der Waals surface area contributed by atoms with E-state index < -0.39 is 0 Å². The van der Waals surface area contributed by atoms with Crippen LogP contribution >= 0.6 is 0 Å². The summed E-state index contributed by atoms with van der Waals surface area (Å²) in [5, 5.41) is 9.00. The number of rotatable bonds is 2. The zero-order valence-electron chi connectivity index (χ0n) is 9.99. The van der Waals surface area contributed by atoms with Gasteiger partial charge in [-0.15, -0.1) is 0 Å². The van der Waals surface area contributed by atoms with E-state index in [9.17, 15) is 9.59 Å². The minimum atomic E-state index is -0.350. The topological polar surface area (TPSA) is 97.1 Å². The molecule has 0 atom stereocenters. The molecule has 0 aliphatic rings. The van der Waals surface area contributed by atoms with Crippen molar-refractivity contribution in [2.24, 2.45) is 7.05 Å². The molecule has 8 nitrogen and oxygen atoms in total. The number of H-pyrrole nitrogens is 1. The molecule has 96 valence electrons. The predicted molar refractivity (Wildman–Crippen MR) is 67.0 cm³/mol. The largest absolute Gasteiger partial charge is 0.306 e. The van der Waals surface area contributed by atoms with Gasteiger partial charge in [0, 0.05) is 31.4 Å². The van der Waals surface area contributed by atoms with E-state index >= 15 is 0 Å². The quantitative estimate of drug-likeness (QED) is 0.676. The Bertz CT molecular complexity index is 798. The first kappa shape index (κ1) is 11.2. The number of amides is 1. The van der Waals surface area contributed by atoms with Gasteiger partial charge < -0.3 is 5.32 Å². The Morgan fingerprint density at radius 3 is 2.89 bits per heavy atom. The fraction of sp³-hybridized carbons (Fsp3) is 0.0909. The van der Waals surface area contributed by atoms with E-state index in [2.05, 4.69) is 20.5 Å². The molecule has 0 fully saturated rings. The molecule has 0 unspecified atom stereocenters. The van der Waals surface area contributed by atoms with E-state index in [0.717, 1.165) is 0 Å². The second-order valence-electron chi connectivity index (χ2n) is 3.93. The van der Waals surface area contributed by atoms with E-state index in [1.54, 1.807) is 19.2 Å². The number of aromatic nitrogens is 5. The molecule has 0 saturated carbocycles. The molecule has 8 heteroatoms. The second kappa shape index (κ2) is 4.09. The highest BCUT2D eigenvalue weighted by molar-refractivity contribution is 6.03. The summed E-state index contributed by atoms with van der Waals surface area (Å²) >= 11 is 0. The van der Waals surface area contributed by atoms with Gasteiger partial charge in [-0.05, 0) is 0 Å². The molecule has 0 aliphatic carbocycles. The zero-order chi connectivity index (χ0) is 13.4. The van der Waals surface area contributed by atoms with Gasteiger partial charge in [0.2, 0.25) is 0 Å². The Labute approximate surface area is 106 Å². The molecular formula is C11H10N6O2. The van der Waals surface area contributed by atoms with Crippen molar-refractivity contribution in [3.8, 4) is 0 Å². The first-order valence-corrected chi connectivity index (χ1v) is 5.51. The molecule has 0 radical (unpaired) electrons. The van der Waals surface area contributed by atoms with Crippen LogP contribution in [-0.2, 0) is 7.05 Å². The third-order valence-electron chi connectivity index (χ3n) is 2.75. The number of aryl methyl sites for hydroxylation is 1. The number of carbonyl (C=O) groups is 1. The number of hydrogen-bond donors (Lipinski definition) is 2. The summed E-state index contributed by atoms with van der Waals surface area (Å²) in [7, 11) is 1.62. The lowest BCUT2D eigenvalue weighted by molar-refractivity contribution is 0.101. The van der Waals surface area contributed by atoms with Gasteiger partial charge in [-0.1, -0.05) is 0 Å². The normalized spacial score (nSPS) is 10.8. The maximum atomic E-state index is 12.1. The highest BCUT2D eigenvalue weighted by Crippen LogP contribution is 2.08. The molecule has 3 aromatic heterocycles. The second-order valence-corrected chi connectivity index (χ2v) is 3.93. The number of carbonyl (C=O) groups excluding carboxylic acids is 1. The molecule has 0 saturated heterocycles. The molecule has 0 bridgehead atoms. The van der Waals surface area contributed by atoms with Gasteiger partial charge in [0.1, 0.15) is 11.5 Å². The summed E-state index contributed by atoms with van der Waals surface area (Å²) in [5.41, 5.74) is 0.503. The lowest BCUT2D eigenvalue weighted by atomic mass is 10.4. The molecule has 0 spiro atoms. The van der Waals surface area contributed by atoms with Crippen LogP contribution in [0.3, 0.4) is 0 Å². The van der Waals surface area contributed by atoms with Gasteiger partial charge in [-0.3, -0.25) is 19.4 Å². The maximum absolute atomic E-state index is 12.1. The standard InChI is InChI=1S/C11H10N6O2/c1-16-7(11(19)14-8-2-5-13-15-8)6-9-12-4-3-10(18)17(9)16/h2-6H,1H3,(H2,13,14,15,19). The Kier molecular flexibility index (Phi) is 2.41. The maximum Gasteiger partial charge on any atom is 0.275 e. The van der Waals surface area contributed by atoms with Gasteiger partial charge in [0.05, 0.1) is 6.20 Å². The lowest BCUT2D eigenvalue weighted by Gasteiger charge is -2.04. The van der Waals surface area contributed by atoms with Crippen LogP contribution in [0.2, 0.25) is 0 Å². The van der Waals surface area contributed by atoms with E-state index in [1.165, 1.54) is 27.7 Å². The monoisotopic (exact) mass is 258 g/mol. The summed E-state index contributed by atoms with van der Waals surface area (Å²) in [6.07, 6.45) is 2.94. The van der Waals surface area contributed by atoms with E-state index in [0.29, 0.717) is 17.2 Å². The summed E-state index contributed by atoms with van der Waals surface area (Å²) in [6.45, 7) is 0. The molecule has 1 amide bonds. The van der Waals surface area contributed by atoms with Crippen LogP contribution in [0.1, 0.15) is 10.5 Å². The Hall–Kier alpha value is -2.90. The van der Waals surface area contributed by atoms with Crippen molar-refractivity contribution < 1.29 is 4.79 Å². The van der Waals surface area contributed by atoms with Crippen molar-refractivity contribution in [3.63, 3.8) is 0 Å². The summed E-state index contributed by atoms with van der Waals surface area (Å²) < 4.78 is 2.78. The Morgan fingerprint density at radius 2 is 2.21 bits per heavy atom. The average molecular weight is 258 g/mol. The van der Waals surface area contributed by atoms with Crippen molar-refractivity contribution in [2.75, 3.05) is 5.32 Å². The number of fused-ring (bicyclic) bond motifs is 1. The van der Waals surface area contributed by atoms with Gasteiger partial charge >= 0.3 is 0 Å². The van der Waals surface area contributed by atoms with Crippen molar-refractivity contribution in [1.29, 1.82) is 0 Å². The van der Waals surface area contributed by atoms with Crippen molar-refractivity contribution in [1.82, 2.24) is 24.4 Å². The van der Waals surface area contributed by atoms with Crippen LogP contribution in [0.4, 0.5) is 5.82 Å². The van der Waals surface area contributed by atoms with Gasteiger partial charge in [-0.25, -0.2) is 4.98 Å². The number of hydrogen-bond acceptors (Lipinski definition) is 4. The summed E-state index contributed by atoms with van der Waals surface area (Å²) in [5.74, 6) is 0.132. The fourth-order valence-electron chi connectivity index (χ4n) is 1.86. The van der Waals surface area contributed by atoms with Crippen LogP contribution < -0.4 is 10.9 Å². The molecule has 3 heterocycles. The minimum Gasteiger partial charge on any atom is -0.306 e. The van der Waals surface area contributed by atoms with Crippen molar-refractivity contribution in [2.45, 2.75) is 0 Å². The first-order valence-electron chi connectivity index (χ1n) is 5.51. The fourth-order valence-corrected chi connectivity index (χ4v) is 1.86. The van der Waals surface area contributed by atoms with Gasteiger partial charge in [0.25, 0.3) is 11.5 Å². The van der Waals surface area contributed by atoms with Crippen molar-refractivity contribution >= 4 is 17.4 Å². The summed E-state index contributed by atoms with van der Waals surface area (Å²) in [6, 6.07) is 4.52. The summed E-state index contributed by atoms with van der Waals surface area (Å²) in [4.78, 5) is 27.8. The lowest BCUT2D eigenvalue weighted by Crippen LogP contribution is -2.22. The van der Waals surface area contributed by atoms with Crippen LogP contribution in [0.5, 0.6) is 0 Å². The Morgan fingerprint density at radius 1 is 1.37 bits per heavy atom. The number of nitrogens with one attached hydrogen (secondary N) is 2. The molecule has 2 N–H and O–H groups in total. The molecule has 3 rings (SSSR count). The van der Waals surface area contributed by atoms with Crippen LogP contribution in [0.25, 0.3) is 5.65 Å². The number of aromatic amines is 1. The minimum absolute atomic E-state index is 0.243. The SMILES string of the molecule is Cn1c(C(=O)Nc2ccn[nH]2)cc2nccc(=O)n21. The molecule has 0 aromatic carbocycles. The van der Waals surface area contributed by atoms with E-state index in [1.807, 2.05) is 0 Å². The van der Waals surface area contributed by atoms with E-state index in [-0.39, 0.29) is 11.5 Å². The molecule has 3 aromatic rings. The number of anilines is 1. The highest BCUT2D eigenvalue weighted by atomic mass is 16.2. The number of nitrogens with zero attached hydrogens (tertiary/aromatic N) is 4. The first-order chi connectivity index (χ1) is 9.16. The van der Waals surface area contributed by atoms with Crippen LogP contribution in [0.15, 0.2) is 35.4 Å². The van der Waals surface area contributed by atoms with Gasteiger partial charge in [-0.2, -0.15) is 9.61 Å². The van der Waals surface area contributed by atoms with Crippen LogP contribution in [-0.4, -0.2) is 30.3 Å². The van der Waals surface area contributed by atoms with E-state index in [4.69, 9.17) is 0 Å². The molecular weight excluding hydrogens is 248 g/mol. The third kappa shape index (κ3) is 1.79.